The van der Waals surface area contributed by atoms with Crippen molar-refractivity contribution in [3.05, 3.63) is 52.7 Å². The van der Waals surface area contributed by atoms with E-state index < -0.39 is 0 Å². The Morgan fingerprint density at radius 2 is 1.83 bits per heavy atom. The minimum Gasteiger partial charge on any atom is -0.354 e. The summed E-state index contributed by atoms with van der Waals surface area (Å²) in [5, 5.41) is 9.58. The minimum atomic E-state index is 0.427. The van der Waals surface area contributed by atoms with E-state index in [1.165, 1.54) is 79.2 Å². The number of likely N-dealkylation sites (tertiary alicyclic amines) is 1. The molecule has 0 unspecified atom stereocenters. The molecule has 194 valence electrons. The smallest absolute Gasteiger partial charge is 0.0496 e. The topological polar surface area (TPSA) is 68.9 Å². The number of aromatic amines is 1. The highest BCUT2D eigenvalue weighted by Gasteiger charge is 2.23. The van der Waals surface area contributed by atoms with Crippen LogP contribution in [0.15, 0.2) is 35.9 Å². The molecule has 4 nitrogen and oxygen atoms in total. The molecule has 1 aliphatic rings. The lowest BCUT2D eigenvalue weighted by Gasteiger charge is -2.32. The summed E-state index contributed by atoms with van der Waals surface area (Å²) in [6.07, 6.45) is 8.95. The van der Waals surface area contributed by atoms with Gasteiger partial charge in [0.2, 0.25) is 0 Å². The second-order valence-corrected chi connectivity index (χ2v) is 10.6. The number of rotatable bonds is 9. The molecule has 1 aromatic heterocycles. The third-order valence-corrected chi connectivity index (χ3v) is 7.32. The van der Waals surface area contributed by atoms with Gasteiger partial charge in [-0.15, -0.1) is 0 Å². The number of nitrogens with one attached hydrogen (secondary N) is 2. The van der Waals surface area contributed by atoms with Crippen LogP contribution in [0, 0.1) is 11.3 Å². The third-order valence-electron chi connectivity index (χ3n) is 7.32. The Labute approximate surface area is 214 Å². The van der Waals surface area contributed by atoms with Crippen molar-refractivity contribution in [3.63, 3.8) is 0 Å². The average Bonchev–Trinajstić information content (AvgIpc) is 3.25. The van der Waals surface area contributed by atoms with Gasteiger partial charge >= 0.3 is 0 Å². The summed E-state index contributed by atoms with van der Waals surface area (Å²) in [5.74, 6) is 1.88. The molecule has 4 heteroatoms. The molecular weight excluding hydrogens is 428 g/mol. The van der Waals surface area contributed by atoms with Gasteiger partial charge in [0, 0.05) is 22.3 Å². The quantitative estimate of drug-likeness (QED) is 0.253. The van der Waals surface area contributed by atoms with E-state index in [9.17, 15) is 0 Å². The van der Waals surface area contributed by atoms with Gasteiger partial charge in [0.25, 0.3) is 0 Å². The van der Waals surface area contributed by atoms with Crippen LogP contribution in [0.3, 0.4) is 0 Å². The summed E-state index contributed by atoms with van der Waals surface area (Å²) in [4.78, 5) is 6.39. The van der Waals surface area contributed by atoms with Crippen molar-refractivity contribution in [2.75, 3.05) is 26.7 Å². The lowest BCUT2D eigenvalue weighted by molar-refractivity contribution is 0.202. The molecule has 0 amide bonds. The first-order valence-corrected chi connectivity index (χ1v) is 13.6. The Morgan fingerprint density at radius 3 is 2.37 bits per heavy atom. The molecule has 0 bridgehead atoms. The van der Waals surface area contributed by atoms with Crippen LogP contribution in [-0.4, -0.2) is 42.3 Å². The normalized spacial score (nSPS) is 16.2. The average molecular weight is 479 g/mol. The first-order chi connectivity index (χ1) is 16.7. The number of nitrogens with two attached hydrogens (primary N) is 1. The van der Waals surface area contributed by atoms with Crippen molar-refractivity contribution in [2.45, 2.75) is 86.0 Å². The van der Waals surface area contributed by atoms with Gasteiger partial charge in [0.15, 0.2) is 0 Å². The van der Waals surface area contributed by atoms with Crippen molar-refractivity contribution in [3.8, 4) is 0 Å². The Kier molecular flexibility index (Phi) is 11.5. The monoisotopic (exact) mass is 478 g/mol. The fourth-order valence-electron chi connectivity index (χ4n) is 5.14. The third kappa shape index (κ3) is 7.41. The molecule has 3 rings (SSSR count). The van der Waals surface area contributed by atoms with Crippen LogP contribution < -0.4 is 5.73 Å². The summed E-state index contributed by atoms with van der Waals surface area (Å²) < 4.78 is 0. The first kappa shape index (κ1) is 29.1. The van der Waals surface area contributed by atoms with Gasteiger partial charge in [0.05, 0.1) is 0 Å². The molecule has 0 spiro atoms. The molecule has 2 aromatic rings. The number of allylic oxidation sites excluding steroid dienone is 4. The molecule has 35 heavy (non-hydrogen) atoms. The zero-order chi connectivity index (χ0) is 26.1. The van der Waals surface area contributed by atoms with E-state index in [4.69, 9.17) is 5.41 Å². The Morgan fingerprint density at radius 1 is 1.17 bits per heavy atom. The number of fused-ring (bicyclic) bond motifs is 1. The highest BCUT2D eigenvalue weighted by molar-refractivity contribution is 6.00. The van der Waals surface area contributed by atoms with E-state index >= 15 is 0 Å². The van der Waals surface area contributed by atoms with Gasteiger partial charge in [0.1, 0.15) is 0 Å². The zero-order valence-electron chi connectivity index (χ0n) is 23.6. The highest BCUT2D eigenvalue weighted by atomic mass is 15.1. The number of hydrogen-bond donors (Lipinski definition) is 3. The molecule has 4 N–H and O–H groups in total. The van der Waals surface area contributed by atoms with Crippen molar-refractivity contribution in [2.24, 2.45) is 11.7 Å². The highest BCUT2D eigenvalue weighted by Crippen LogP contribution is 2.37. The van der Waals surface area contributed by atoms with E-state index in [2.05, 4.69) is 87.5 Å². The van der Waals surface area contributed by atoms with Crippen LogP contribution in [0.4, 0.5) is 0 Å². The number of aromatic nitrogens is 1. The van der Waals surface area contributed by atoms with E-state index in [1.54, 1.807) is 0 Å². The molecule has 0 saturated carbocycles. The Hall–Kier alpha value is -2.17. The molecule has 0 aliphatic carbocycles. The summed E-state index contributed by atoms with van der Waals surface area (Å²) in [6, 6.07) is 7.12. The molecule has 0 radical (unpaired) electrons. The van der Waals surface area contributed by atoms with Crippen molar-refractivity contribution < 1.29 is 0 Å². The summed E-state index contributed by atoms with van der Waals surface area (Å²) in [7, 11) is 1.50. The number of hydrogen-bond acceptors (Lipinski definition) is 3. The van der Waals surface area contributed by atoms with Gasteiger partial charge < -0.3 is 21.0 Å². The first-order valence-electron chi connectivity index (χ1n) is 13.6. The second kappa shape index (κ2) is 13.8. The van der Waals surface area contributed by atoms with Gasteiger partial charge in [-0.1, -0.05) is 46.8 Å². The minimum absolute atomic E-state index is 0.427. The van der Waals surface area contributed by atoms with Gasteiger partial charge in [-0.25, -0.2) is 0 Å². The summed E-state index contributed by atoms with van der Waals surface area (Å²) in [6.45, 7) is 19.1. The maximum atomic E-state index is 8.21. The number of benzene rings is 1. The van der Waals surface area contributed by atoms with E-state index in [0.29, 0.717) is 17.5 Å². The summed E-state index contributed by atoms with van der Waals surface area (Å²) >= 11 is 0. The predicted molar refractivity (Wildman–Crippen MR) is 156 cm³/mol. The van der Waals surface area contributed by atoms with Gasteiger partial charge in [-0.2, -0.15) is 0 Å². The van der Waals surface area contributed by atoms with Crippen molar-refractivity contribution in [1.82, 2.24) is 9.88 Å². The fourth-order valence-corrected chi connectivity index (χ4v) is 5.14. The molecular formula is C31H50N4. The largest absolute Gasteiger partial charge is 0.354 e. The Balaban J connectivity index is 0.00000210. The Bertz CT molecular complexity index is 1010. The fraction of sp³-hybridized carbons (Fsp3) is 0.581. The van der Waals surface area contributed by atoms with Crippen molar-refractivity contribution >= 4 is 22.2 Å². The van der Waals surface area contributed by atoms with E-state index in [1.807, 2.05) is 6.92 Å². The van der Waals surface area contributed by atoms with Crippen molar-refractivity contribution in [1.29, 1.82) is 5.41 Å². The zero-order valence-corrected chi connectivity index (χ0v) is 23.6. The van der Waals surface area contributed by atoms with Gasteiger partial charge in [-0.3, -0.25) is 0 Å². The van der Waals surface area contributed by atoms with Crippen LogP contribution in [0.2, 0.25) is 0 Å². The second-order valence-electron chi connectivity index (χ2n) is 10.6. The summed E-state index contributed by atoms with van der Waals surface area (Å²) in [5.41, 5.74) is 12.8. The van der Waals surface area contributed by atoms with Crippen LogP contribution in [-0.2, 0) is 0 Å². The van der Waals surface area contributed by atoms with Crippen LogP contribution >= 0.6 is 0 Å². The SMILES string of the molecule is C/C=C(\C=C(\C)C(=N)CC)c1[nH]c2ccc(C3CCN(CCC(C)C)CC3)cc2c1C(C)C.CN. The molecule has 1 aromatic carbocycles. The maximum Gasteiger partial charge on any atom is 0.0496 e. The molecule has 2 heterocycles. The maximum absolute atomic E-state index is 8.21. The molecule has 1 saturated heterocycles. The number of piperidine rings is 1. The standard InChI is InChI=1S/C30H45N3.CH5N/c1-8-23(18-22(7)27(31)9-2)30-29(21(5)6)26-19-25(10-11-28(26)32-30)24-13-16-33(17-14-24)15-12-20(3)4;1-2/h8,10-11,18-21,24,31-32H,9,12-17H2,1-7H3;2H2,1H3/b22-18-,23-8+,31-27?;. The van der Waals surface area contributed by atoms with E-state index in [-0.39, 0.29) is 0 Å². The van der Waals surface area contributed by atoms with Crippen LogP contribution in [0.25, 0.3) is 16.5 Å². The molecule has 1 fully saturated rings. The predicted octanol–water partition coefficient (Wildman–Crippen LogP) is 7.87. The van der Waals surface area contributed by atoms with Gasteiger partial charge in [-0.05, 0) is 124 Å². The molecule has 0 atom stereocenters. The lowest BCUT2D eigenvalue weighted by Crippen LogP contribution is -2.34. The lowest BCUT2D eigenvalue weighted by atomic mass is 9.87. The number of nitrogens with zero attached hydrogens (tertiary/aromatic N) is 1. The van der Waals surface area contributed by atoms with Crippen LogP contribution in [0.1, 0.15) is 103 Å². The molecule has 1 aliphatic heterocycles. The number of H-pyrrole nitrogens is 1. The van der Waals surface area contributed by atoms with E-state index in [0.717, 1.165) is 17.9 Å². The van der Waals surface area contributed by atoms with Crippen LogP contribution in [0.5, 0.6) is 0 Å².